The largest absolute Gasteiger partial charge is 0.367 e. The molecule has 3 rings (SSSR count). The summed E-state index contributed by atoms with van der Waals surface area (Å²) < 4.78 is 12.8. The standard InChI is InChI=1S/C31H40FN7O/c1-7-11-26-31(4,5)37-28(33)27(30(40)39(6)38-26)29(36-25-12-9-8-10-13-25)35-20-23-14-16-24(17-15-23)22(3)34-19-18-21(2)32/h8-10,12-19,26,35-36,38H,2,7,11,20H2,1,3-6H3,(H2,33,37)/p+1/b19-18-,29-27-,34-22?/t26-/m1/s1. The summed E-state index contributed by atoms with van der Waals surface area (Å²) in [6.07, 6.45) is 4.44. The van der Waals surface area contributed by atoms with Gasteiger partial charge in [-0.05, 0) is 56.5 Å². The molecule has 0 spiro atoms. The van der Waals surface area contributed by atoms with Gasteiger partial charge in [0.15, 0.2) is 5.57 Å². The van der Waals surface area contributed by atoms with E-state index in [1.807, 2.05) is 61.5 Å². The molecule has 2 aromatic rings. The van der Waals surface area contributed by atoms with Gasteiger partial charge in [-0.25, -0.2) is 9.82 Å². The molecule has 0 unspecified atom stereocenters. The number of para-hydroxylation sites is 1. The van der Waals surface area contributed by atoms with Gasteiger partial charge in [-0.1, -0.05) is 62.4 Å². The normalized spacial score (nSPS) is 19.1. The van der Waals surface area contributed by atoms with E-state index in [2.05, 4.69) is 53.4 Å². The topological polar surface area (TPSA) is 109 Å². The molecule has 1 atom stereocenters. The van der Waals surface area contributed by atoms with Crippen molar-refractivity contribution in [1.29, 1.82) is 0 Å². The first kappa shape index (κ1) is 30.3. The number of halogens is 1. The average molecular weight is 547 g/mol. The smallest absolute Gasteiger partial charge is 0.282 e. The predicted octanol–water partition coefficient (Wildman–Crippen LogP) is 3.27. The molecular weight excluding hydrogens is 505 g/mol. The molecule has 9 heteroatoms. The van der Waals surface area contributed by atoms with Crippen molar-refractivity contribution in [1.82, 2.24) is 15.8 Å². The van der Waals surface area contributed by atoms with E-state index in [0.29, 0.717) is 23.8 Å². The highest BCUT2D eigenvalue weighted by Crippen LogP contribution is 2.17. The number of likely N-dealkylation sites (N-methyl/N-ethyl adjacent to an activating group) is 1. The Hall–Kier alpha value is -4.24. The molecule has 0 radical (unpaired) electrons. The van der Waals surface area contributed by atoms with Crippen LogP contribution in [0.15, 0.2) is 95.7 Å². The number of amides is 1. The number of hydrogen-bond acceptors (Lipinski definition) is 6. The lowest BCUT2D eigenvalue weighted by molar-refractivity contribution is -0.551. The van der Waals surface area contributed by atoms with Gasteiger partial charge in [0, 0.05) is 31.2 Å². The number of rotatable bonds is 10. The minimum absolute atomic E-state index is 0.00170. The Morgan fingerprint density at radius 2 is 1.90 bits per heavy atom. The molecule has 0 fully saturated rings. The first-order valence-electron chi connectivity index (χ1n) is 13.4. The third kappa shape index (κ3) is 8.13. The highest BCUT2D eigenvalue weighted by molar-refractivity contribution is 6.18. The van der Waals surface area contributed by atoms with Crippen molar-refractivity contribution in [2.75, 3.05) is 12.4 Å². The molecule has 1 amide bonds. The van der Waals surface area contributed by atoms with E-state index in [9.17, 15) is 9.18 Å². The number of hydrogen-bond donors (Lipinski definition) is 5. The maximum absolute atomic E-state index is 13.7. The van der Waals surface area contributed by atoms with Gasteiger partial charge in [0.2, 0.25) is 0 Å². The van der Waals surface area contributed by atoms with Crippen LogP contribution in [0.2, 0.25) is 0 Å². The number of amidine groups is 1. The van der Waals surface area contributed by atoms with E-state index in [0.717, 1.165) is 35.4 Å². The van der Waals surface area contributed by atoms with Crippen LogP contribution in [0.5, 0.6) is 0 Å². The third-order valence-corrected chi connectivity index (χ3v) is 6.70. The second-order valence-electron chi connectivity index (χ2n) is 10.4. The van der Waals surface area contributed by atoms with E-state index < -0.39 is 11.4 Å². The molecular formula is C31H41FN7O+. The van der Waals surface area contributed by atoms with Crippen LogP contribution in [0.3, 0.4) is 0 Å². The summed E-state index contributed by atoms with van der Waals surface area (Å²) >= 11 is 0. The monoisotopic (exact) mass is 546 g/mol. The van der Waals surface area contributed by atoms with Crippen molar-refractivity contribution in [2.24, 2.45) is 10.7 Å². The summed E-state index contributed by atoms with van der Waals surface area (Å²) in [6, 6.07) is 17.5. The van der Waals surface area contributed by atoms with Gasteiger partial charge in [0.1, 0.15) is 17.2 Å². The van der Waals surface area contributed by atoms with E-state index >= 15 is 0 Å². The van der Waals surface area contributed by atoms with Gasteiger partial charge in [0.05, 0.1) is 6.04 Å². The first-order chi connectivity index (χ1) is 19.0. The summed E-state index contributed by atoms with van der Waals surface area (Å²) in [4.78, 5) is 21.3. The van der Waals surface area contributed by atoms with E-state index in [4.69, 9.17) is 5.73 Å². The molecule has 0 aromatic heterocycles. The number of nitrogens with one attached hydrogen (secondary N) is 4. The van der Waals surface area contributed by atoms with Crippen molar-refractivity contribution < 1.29 is 14.2 Å². The summed E-state index contributed by atoms with van der Waals surface area (Å²) in [5.74, 6) is -0.0347. The fourth-order valence-corrected chi connectivity index (χ4v) is 4.41. The summed E-state index contributed by atoms with van der Waals surface area (Å²) in [6.45, 7) is 11.7. The van der Waals surface area contributed by atoms with Gasteiger partial charge in [-0.15, -0.1) is 0 Å². The molecule has 6 N–H and O–H groups in total. The number of nitrogens with zero attached hydrogens (tertiary/aromatic N) is 2. The zero-order chi connectivity index (χ0) is 29.3. The van der Waals surface area contributed by atoms with E-state index in [-0.39, 0.29) is 11.9 Å². The van der Waals surface area contributed by atoms with Gasteiger partial charge in [-0.3, -0.25) is 25.5 Å². The SMILES string of the molecule is C=C(F)/C=C\N=C(C)c1ccc(CN/C(Nc2ccccc2)=C2/C(=O)N(C)N[C@H](CCC)C(C)(C)[NH+]=C2N)cc1. The van der Waals surface area contributed by atoms with Crippen molar-refractivity contribution >= 4 is 23.1 Å². The molecule has 1 aliphatic rings. The molecule has 2 aromatic carbocycles. The van der Waals surface area contributed by atoms with Gasteiger partial charge in [-0.2, -0.15) is 0 Å². The number of anilines is 1. The molecule has 0 saturated heterocycles. The summed E-state index contributed by atoms with van der Waals surface area (Å²) in [7, 11) is 1.72. The Labute approximate surface area is 236 Å². The molecule has 8 nitrogen and oxygen atoms in total. The molecule has 0 bridgehead atoms. The average Bonchev–Trinajstić information content (AvgIpc) is 2.91. The molecule has 0 saturated carbocycles. The summed E-state index contributed by atoms with van der Waals surface area (Å²) in [5.41, 5.74) is 13.3. The minimum atomic E-state index is -0.547. The number of allylic oxidation sites excluding steroid dienone is 2. The van der Waals surface area contributed by atoms with Crippen LogP contribution in [0, 0.1) is 0 Å². The Kier molecular flexibility index (Phi) is 10.4. The number of carbonyl (C=O) groups excluding carboxylic acids is 1. The van der Waals surface area contributed by atoms with Crippen LogP contribution < -0.4 is 26.8 Å². The van der Waals surface area contributed by atoms with Crippen LogP contribution in [0.4, 0.5) is 10.1 Å². The van der Waals surface area contributed by atoms with Crippen LogP contribution in [-0.4, -0.2) is 41.1 Å². The molecule has 0 aliphatic carbocycles. The molecule has 212 valence electrons. The Balaban J connectivity index is 1.96. The molecule has 1 heterocycles. The lowest BCUT2D eigenvalue weighted by Gasteiger charge is -2.36. The van der Waals surface area contributed by atoms with E-state index in [1.165, 1.54) is 17.3 Å². The second-order valence-corrected chi connectivity index (χ2v) is 10.4. The number of aliphatic imine (C=N–C) groups is 1. The highest BCUT2D eigenvalue weighted by atomic mass is 19.1. The maximum Gasteiger partial charge on any atom is 0.282 e. The quantitative estimate of drug-likeness (QED) is 0.179. The summed E-state index contributed by atoms with van der Waals surface area (Å²) in [5, 5.41) is 8.28. The van der Waals surface area contributed by atoms with Crippen LogP contribution in [0.25, 0.3) is 0 Å². The van der Waals surface area contributed by atoms with Crippen LogP contribution in [0.1, 0.15) is 51.7 Å². The maximum atomic E-state index is 13.7. The van der Waals surface area contributed by atoms with Crippen molar-refractivity contribution in [2.45, 2.75) is 58.7 Å². The zero-order valence-electron chi connectivity index (χ0n) is 24.0. The number of carbonyl (C=O) groups is 1. The predicted molar refractivity (Wildman–Crippen MR) is 161 cm³/mol. The van der Waals surface area contributed by atoms with Crippen molar-refractivity contribution in [3.05, 3.63) is 102 Å². The number of nitrogens with two attached hydrogens (primary N) is 1. The fourth-order valence-electron chi connectivity index (χ4n) is 4.41. The minimum Gasteiger partial charge on any atom is -0.367 e. The number of benzene rings is 2. The van der Waals surface area contributed by atoms with Gasteiger partial charge in [0.25, 0.3) is 11.7 Å². The zero-order valence-corrected chi connectivity index (χ0v) is 24.0. The Morgan fingerprint density at radius 1 is 1.23 bits per heavy atom. The second kappa shape index (κ2) is 13.7. The Bertz CT molecular complexity index is 1310. The first-order valence-corrected chi connectivity index (χ1v) is 13.4. The number of hydrazine groups is 1. The van der Waals surface area contributed by atoms with Crippen molar-refractivity contribution in [3.63, 3.8) is 0 Å². The van der Waals surface area contributed by atoms with Gasteiger partial charge < -0.3 is 10.6 Å². The molecule has 40 heavy (non-hydrogen) atoms. The third-order valence-electron chi connectivity index (χ3n) is 6.70. The lowest BCUT2D eigenvalue weighted by atomic mass is 9.91. The van der Waals surface area contributed by atoms with Gasteiger partial charge >= 0.3 is 0 Å². The van der Waals surface area contributed by atoms with Crippen molar-refractivity contribution in [3.8, 4) is 0 Å². The lowest BCUT2D eigenvalue weighted by Crippen LogP contribution is -2.93. The van der Waals surface area contributed by atoms with Crippen LogP contribution in [-0.2, 0) is 11.3 Å². The van der Waals surface area contributed by atoms with Crippen LogP contribution >= 0.6 is 0 Å². The van der Waals surface area contributed by atoms with E-state index in [1.54, 1.807) is 7.05 Å². The Morgan fingerprint density at radius 3 is 2.52 bits per heavy atom. The molecule has 1 aliphatic heterocycles. The fraction of sp³-hybridized carbons (Fsp3) is 0.323. The highest BCUT2D eigenvalue weighted by Gasteiger charge is 2.39.